The van der Waals surface area contributed by atoms with Crippen LogP contribution in [0.25, 0.3) is 6.08 Å². The molecule has 7 heteroatoms. The first kappa shape index (κ1) is 21.2. The topological polar surface area (TPSA) is 95.0 Å². The summed E-state index contributed by atoms with van der Waals surface area (Å²) in [5, 5.41) is 8.30. The summed E-state index contributed by atoms with van der Waals surface area (Å²) in [5.74, 6) is 6.73. The molecule has 4 rings (SSSR count). The lowest BCUT2D eigenvalue weighted by Crippen LogP contribution is -2.40. The Balaban J connectivity index is 1.38. The van der Waals surface area contributed by atoms with Crippen molar-refractivity contribution in [2.45, 2.75) is 6.92 Å². The second kappa shape index (κ2) is 9.86. The summed E-state index contributed by atoms with van der Waals surface area (Å²) in [6.07, 6.45) is 8.54. The highest BCUT2D eigenvalue weighted by atomic mass is 16.5. The molecule has 2 aromatic heterocycles. The van der Waals surface area contributed by atoms with Gasteiger partial charge in [0.15, 0.2) is 0 Å². The maximum Gasteiger partial charge on any atom is 0.254 e. The molecule has 1 aliphatic heterocycles. The number of nitrogens with zero attached hydrogens (tertiary/aromatic N) is 3. The van der Waals surface area contributed by atoms with Gasteiger partial charge < -0.3 is 20.0 Å². The van der Waals surface area contributed by atoms with Gasteiger partial charge in [0.25, 0.3) is 5.91 Å². The van der Waals surface area contributed by atoms with Gasteiger partial charge in [-0.05, 0) is 54.3 Å². The largest absolute Gasteiger partial charge is 0.378 e. The Labute approximate surface area is 186 Å². The van der Waals surface area contributed by atoms with Gasteiger partial charge >= 0.3 is 0 Å². The van der Waals surface area contributed by atoms with Crippen LogP contribution >= 0.6 is 0 Å². The van der Waals surface area contributed by atoms with E-state index in [0.29, 0.717) is 49.1 Å². The van der Waals surface area contributed by atoms with Gasteiger partial charge in [0.2, 0.25) is 0 Å². The molecule has 1 aromatic carbocycles. The average Bonchev–Trinajstić information content (AvgIpc) is 3.30. The molecule has 32 heavy (non-hydrogen) atoms. The van der Waals surface area contributed by atoms with Gasteiger partial charge in [-0.25, -0.2) is 4.98 Å². The molecule has 0 bridgehead atoms. The molecule has 1 fully saturated rings. The summed E-state index contributed by atoms with van der Waals surface area (Å²) in [4.78, 5) is 25.8. The van der Waals surface area contributed by atoms with Crippen LogP contribution < -0.4 is 0 Å². The highest BCUT2D eigenvalue weighted by molar-refractivity contribution is 6.09. The summed E-state index contributed by atoms with van der Waals surface area (Å²) in [6.45, 7) is 4.35. The first-order chi connectivity index (χ1) is 15.6. The van der Waals surface area contributed by atoms with Gasteiger partial charge in [-0.1, -0.05) is 18.1 Å². The Hall–Kier alpha value is -4.02. The van der Waals surface area contributed by atoms with Crippen LogP contribution in [0.1, 0.15) is 38.6 Å². The third-order valence-electron chi connectivity index (χ3n) is 5.12. The number of aromatic nitrogens is 3. The van der Waals surface area contributed by atoms with Crippen LogP contribution in [-0.2, 0) is 4.74 Å². The van der Waals surface area contributed by atoms with E-state index in [2.05, 4.69) is 26.8 Å². The summed E-state index contributed by atoms with van der Waals surface area (Å²) in [7, 11) is 0. The number of H-pyrrole nitrogens is 1. The van der Waals surface area contributed by atoms with Crippen LogP contribution in [0.5, 0.6) is 0 Å². The molecule has 0 aliphatic carbocycles. The monoisotopic (exact) mass is 425 g/mol. The molecular formula is C25H23N5O2. The number of nitrogens with one attached hydrogen (secondary N) is 2. The molecular weight excluding hydrogens is 402 g/mol. The molecule has 0 saturated carbocycles. The number of carbonyl (C=O) groups excluding carboxylic acids is 1. The average molecular weight is 425 g/mol. The fourth-order valence-electron chi connectivity index (χ4n) is 3.21. The first-order valence-electron chi connectivity index (χ1n) is 10.3. The van der Waals surface area contributed by atoms with Gasteiger partial charge in [-0.2, -0.15) is 0 Å². The number of imidazole rings is 1. The Morgan fingerprint density at radius 2 is 1.88 bits per heavy atom. The lowest BCUT2D eigenvalue weighted by molar-refractivity contribution is 0.0303. The normalized spacial score (nSPS) is 13.6. The predicted molar refractivity (Wildman–Crippen MR) is 123 cm³/mol. The van der Waals surface area contributed by atoms with Gasteiger partial charge in [0.05, 0.1) is 25.1 Å². The maximum absolute atomic E-state index is 12.5. The molecule has 1 amide bonds. The van der Waals surface area contributed by atoms with Gasteiger partial charge in [-0.3, -0.25) is 9.78 Å². The zero-order valence-electron chi connectivity index (χ0n) is 17.8. The van der Waals surface area contributed by atoms with E-state index >= 15 is 0 Å². The zero-order chi connectivity index (χ0) is 22.3. The molecule has 0 atom stereocenters. The summed E-state index contributed by atoms with van der Waals surface area (Å²) >= 11 is 0. The van der Waals surface area contributed by atoms with Crippen molar-refractivity contribution >= 4 is 17.7 Å². The molecule has 0 spiro atoms. The highest BCUT2D eigenvalue weighted by Gasteiger charge is 2.18. The van der Waals surface area contributed by atoms with Crippen LogP contribution in [0.15, 0.2) is 55.0 Å². The molecule has 2 N–H and O–H groups in total. The van der Waals surface area contributed by atoms with E-state index in [4.69, 9.17) is 10.1 Å². The van der Waals surface area contributed by atoms with E-state index in [1.807, 2.05) is 13.0 Å². The molecule has 1 saturated heterocycles. The Morgan fingerprint density at radius 1 is 1.12 bits per heavy atom. The van der Waals surface area contributed by atoms with Crippen molar-refractivity contribution in [2.24, 2.45) is 0 Å². The third-order valence-corrected chi connectivity index (χ3v) is 5.12. The van der Waals surface area contributed by atoms with E-state index in [1.54, 1.807) is 59.9 Å². The fraction of sp³-hybridized carbons (Fsp3) is 0.200. The van der Waals surface area contributed by atoms with Crippen molar-refractivity contribution in [3.05, 3.63) is 88.8 Å². The lowest BCUT2D eigenvalue weighted by atomic mass is 10.1. The highest BCUT2D eigenvalue weighted by Crippen LogP contribution is 2.11. The van der Waals surface area contributed by atoms with E-state index in [-0.39, 0.29) is 5.91 Å². The molecule has 160 valence electrons. The van der Waals surface area contributed by atoms with Crippen LogP contribution in [0.3, 0.4) is 0 Å². The molecule has 1 aliphatic rings. The number of aryl methyl sites for hydroxylation is 1. The minimum Gasteiger partial charge on any atom is -0.378 e. The molecule has 0 unspecified atom stereocenters. The van der Waals surface area contributed by atoms with Crippen LogP contribution in [0, 0.1) is 24.2 Å². The number of pyridine rings is 1. The maximum atomic E-state index is 12.5. The minimum absolute atomic E-state index is 0.00683. The van der Waals surface area contributed by atoms with Crippen molar-refractivity contribution in [3.8, 4) is 11.8 Å². The number of carbonyl (C=O) groups is 1. The number of hydrogen-bond acceptors (Lipinski definition) is 5. The summed E-state index contributed by atoms with van der Waals surface area (Å²) in [5.41, 5.74) is 4.29. The summed E-state index contributed by atoms with van der Waals surface area (Å²) < 4.78 is 5.29. The fourth-order valence-corrected chi connectivity index (χ4v) is 3.21. The minimum atomic E-state index is -0.00683. The number of ether oxygens (including phenoxy) is 1. The number of allylic oxidation sites excluding steroid dienone is 1. The Morgan fingerprint density at radius 3 is 2.62 bits per heavy atom. The molecule has 3 heterocycles. The number of morpholine rings is 1. The van der Waals surface area contributed by atoms with Gasteiger partial charge in [-0.15, -0.1) is 0 Å². The van der Waals surface area contributed by atoms with Crippen molar-refractivity contribution in [3.63, 3.8) is 0 Å². The predicted octanol–water partition coefficient (Wildman–Crippen LogP) is 3.07. The molecule has 7 nitrogen and oxygen atoms in total. The van der Waals surface area contributed by atoms with Crippen LogP contribution in [0.4, 0.5) is 0 Å². The second-order valence-corrected chi connectivity index (χ2v) is 7.35. The van der Waals surface area contributed by atoms with Gasteiger partial charge in [0.1, 0.15) is 11.5 Å². The van der Waals surface area contributed by atoms with Crippen molar-refractivity contribution in [1.82, 2.24) is 19.9 Å². The van der Waals surface area contributed by atoms with Crippen molar-refractivity contribution < 1.29 is 9.53 Å². The number of rotatable bonds is 4. The quantitative estimate of drug-likeness (QED) is 0.496. The van der Waals surface area contributed by atoms with E-state index in [9.17, 15) is 4.79 Å². The van der Waals surface area contributed by atoms with E-state index in [1.165, 1.54) is 0 Å². The zero-order valence-corrected chi connectivity index (χ0v) is 17.8. The van der Waals surface area contributed by atoms with E-state index in [0.717, 1.165) is 16.7 Å². The number of aromatic amines is 1. The molecule has 3 aromatic rings. The van der Waals surface area contributed by atoms with Crippen molar-refractivity contribution in [2.75, 3.05) is 26.3 Å². The smallest absolute Gasteiger partial charge is 0.254 e. The van der Waals surface area contributed by atoms with Crippen LogP contribution in [0.2, 0.25) is 0 Å². The first-order valence-corrected chi connectivity index (χ1v) is 10.3. The Bertz CT molecular complexity index is 1210. The van der Waals surface area contributed by atoms with Crippen LogP contribution in [-0.4, -0.2) is 57.8 Å². The van der Waals surface area contributed by atoms with Crippen molar-refractivity contribution in [1.29, 1.82) is 5.41 Å². The number of hydrogen-bond donors (Lipinski definition) is 2. The van der Waals surface area contributed by atoms with E-state index < -0.39 is 0 Å². The number of amides is 1. The second-order valence-electron chi connectivity index (χ2n) is 7.35. The standard InChI is InChI=1S/C25H23N5O2/c1-18-10-11-27-16-21(18)6-7-22-17-28-24(29-22)9-8-23(26)19-2-4-20(5-3-19)25(31)30-12-14-32-15-13-30/h2-5,8-11,16-17,26H,12-15H2,1H3,(H,28,29)/b9-8-,26-23?. The number of benzene rings is 1. The van der Waals surface area contributed by atoms with Gasteiger partial charge in [0, 0.05) is 36.6 Å². The molecule has 0 radical (unpaired) electrons. The third kappa shape index (κ3) is 5.17. The lowest BCUT2D eigenvalue weighted by Gasteiger charge is -2.26. The summed E-state index contributed by atoms with van der Waals surface area (Å²) in [6, 6.07) is 9.01. The Kier molecular flexibility index (Phi) is 6.54. The SMILES string of the molecule is Cc1ccncc1C#Cc1cnc(/C=C\C(=N)c2ccc(C(=O)N3CCOCC3)cc2)[nH]1.